The molecule has 166 valence electrons. The van der Waals surface area contributed by atoms with Crippen LogP contribution in [-0.4, -0.2) is 47.9 Å². The highest BCUT2D eigenvalue weighted by Crippen LogP contribution is 2.34. The molecule has 2 saturated heterocycles. The highest BCUT2D eigenvalue weighted by atomic mass is 16.2. The summed E-state index contributed by atoms with van der Waals surface area (Å²) in [4.78, 5) is 34.2. The first-order valence-corrected chi connectivity index (χ1v) is 11.6. The van der Waals surface area contributed by atoms with Gasteiger partial charge in [0, 0.05) is 66.4 Å². The van der Waals surface area contributed by atoms with E-state index in [4.69, 9.17) is 0 Å². The summed E-state index contributed by atoms with van der Waals surface area (Å²) in [5, 5.41) is 5.28. The molecule has 0 saturated carbocycles. The maximum atomic E-state index is 13.0. The van der Waals surface area contributed by atoms with Gasteiger partial charge in [0.05, 0.1) is 5.69 Å². The highest BCUT2D eigenvalue weighted by molar-refractivity contribution is 6.06. The fourth-order valence-electron chi connectivity index (χ4n) is 4.75. The Morgan fingerprint density at radius 2 is 1.68 bits per heavy atom. The monoisotopic (exact) mass is 422 g/mol. The molecule has 0 spiro atoms. The van der Waals surface area contributed by atoms with E-state index in [-0.39, 0.29) is 23.1 Å². The number of nitrogens with zero attached hydrogens (tertiary/aromatic N) is 3. The zero-order valence-corrected chi connectivity index (χ0v) is 19.0. The van der Waals surface area contributed by atoms with E-state index in [1.54, 1.807) is 0 Å². The van der Waals surface area contributed by atoms with Gasteiger partial charge in [-0.15, -0.1) is 0 Å². The lowest BCUT2D eigenvalue weighted by molar-refractivity contribution is -0.142. The first-order chi connectivity index (χ1) is 14.8. The second-order valence-corrected chi connectivity index (χ2v) is 9.91. The van der Waals surface area contributed by atoms with Gasteiger partial charge < -0.3 is 15.1 Å². The molecule has 0 bridgehead atoms. The number of likely N-dealkylation sites (tertiary alicyclic amines) is 1. The summed E-state index contributed by atoms with van der Waals surface area (Å²) in [5.41, 5.74) is 1.67. The highest BCUT2D eigenvalue weighted by Gasteiger charge is 2.32. The second-order valence-electron chi connectivity index (χ2n) is 9.91. The quantitative estimate of drug-likeness (QED) is 0.794. The van der Waals surface area contributed by atoms with Gasteiger partial charge in [0.2, 0.25) is 11.8 Å². The minimum Gasteiger partial charge on any atom is -0.371 e. The minimum atomic E-state index is -0.378. The van der Waals surface area contributed by atoms with Gasteiger partial charge in [0.15, 0.2) is 0 Å². The van der Waals surface area contributed by atoms with Crippen LogP contribution in [0.25, 0.3) is 10.8 Å². The molecule has 2 aliphatic rings. The number of anilines is 2. The number of amides is 2. The van der Waals surface area contributed by atoms with Gasteiger partial charge in [-0.05, 0) is 50.3 Å². The Balaban J connectivity index is 1.47. The van der Waals surface area contributed by atoms with Crippen LogP contribution < -0.4 is 10.2 Å². The molecule has 2 amide bonds. The van der Waals surface area contributed by atoms with Crippen molar-refractivity contribution in [3.63, 3.8) is 0 Å². The Morgan fingerprint density at radius 1 is 0.968 bits per heavy atom. The van der Waals surface area contributed by atoms with Crippen molar-refractivity contribution in [3.8, 4) is 0 Å². The Hall–Kier alpha value is -2.63. The number of hydrogen-bond donors (Lipinski definition) is 1. The van der Waals surface area contributed by atoms with E-state index in [0.29, 0.717) is 25.9 Å². The Morgan fingerprint density at radius 3 is 2.35 bits per heavy atom. The number of fused-ring (bicyclic) bond motifs is 1. The van der Waals surface area contributed by atoms with Gasteiger partial charge >= 0.3 is 0 Å². The van der Waals surface area contributed by atoms with Crippen molar-refractivity contribution in [3.05, 3.63) is 30.6 Å². The summed E-state index contributed by atoms with van der Waals surface area (Å²) in [6, 6.07) is 6.20. The molecule has 2 fully saturated rings. The topological polar surface area (TPSA) is 65.5 Å². The number of rotatable bonds is 3. The van der Waals surface area contributed by atoms with Crippen molar-refractivity contribution < 1.29 is 9.59 Å². The number of pyridine rings is 1. The molecule has 6 nitrogen and oxygen atoms in total. The van der Waals surface area contributed by atoms with Crippen LogP contribution in [0.5, 0.6) is 0 Å². The molecule has 0 atom stereocenters. The van der Waals surface area contributed by atoms with Crippen LogP contribution in [0, 0.1) is 11.3 Å². The third-order valence-corrected chi connectivity index (χ3v) is 6.54. The van der Waals surface area contributed by atoms with E-state index in [2.05, 4.69) is 21.3 Å². The SMILES string of the molecule is CC(C)(C)C(=O)N1CCC(C(=O)Nc2ccc(N3CCCCC3)c3ccncc23)CC1. The third-order valence-electron chi connectivity index (χ3n) is 6.54. The van der Waals surface area contributed by atoms with E-state index in [1.807, 2.05) is 50.2 Å². The normalized spacial score (nSPS) is 18.3. The van der Waals surface area contributed by atoms with Crippen molar-refractivity contribution in [2.24, 2.45) is 11.3 Å². The minimum absolute atomic E-state index is 0.0405. The summed E-state index contributed by atoms with van der Waals surface area (Å²) in [6.45, 7) is 9.28. The van der Waals surface area contributed by atoms with E-state index in [9.17, 15) is 9.59 Å². The Kier molecular flexibility index (Phi) is 6.17. The van der Waals surface area contributed by atoms with Crippen LogP contribution in [0.15, 0.2) is 30.6 Å². The Bertz CT molecular complexity index is 952. The molecule has 4 rings (SSSR count). The molecule has 2 aliphatic heterocycles. The third kappa shape index (κ3) is 4.68. The largest absolute Gasteiger partial charge is 0.371 e. The molecule has 0 aliphatic carbocycles. The number of benzene rings is 1. The van der Waals surface area contributed by atoms with Crippen molar-refractivity contribution >= 4 is 34.0 Å². The molecule has 31 heavy (non-hydrogen) atoms. The molecular weight excluding hydrogens is 388 g/mol. The molecular formula is C25H34N4O2. The molecule has 6 heteroatoms. The summed E-state index contributed by atoms with van der Waals surface area (Å²) in [5.74, 6) is 0.132. The molecule has 1 N–H and O–H groups in total. The summed E-state index contributed by atoms with van der Waals surface area (Å²) in [6.07, 6.45) is 8.82. The van der Waals surface area contributed by atoms with E-state index >= 15 is 0 Å². The molecule has 0 unspecified atom stereocenters. The molecule has 1 aromatic carbocycles. The standard InChI is InChI=1S/C25H34N4O2/c1-25(2,3)24(31)29-15-10-18(11-16-29)23(30)27-21-7-8-22(28-13-5-4-6-14-28)19-9-12-26-17-20(19)21/h7-9,12,17-18H,4-6,10-11,13-16H2,1-3H3,(H,27,30). The van der Waals surface area contributed by atoms with Crippen LogP contribution in [-0.2, 0) is 9.59 Å². The number of piperidine rings is 2. The maximum absolute atomic E-state index is 13.0. The van der Waals surface area contributed by atoms with E-state index < -0.39 is 0 Å². The fraction of sp³-hybridized carbons (Fsp3) is 0.560. The number of carbonyl (C=O) groups is 2. The Labute approximate surface area is 185 Å². The van der Waals surface area contributed by atoms with Crippen molar-refractivity contribution in [2.45, 2.75) is 52.9 Å². The van der Waals surface area contributed by atoms with E-state index in [0.717, 1.165) is 29.5 Å². The van der Waals surface area contributed by atoms with Crippen molar-refractivity contribution in [1.82, 2.24) is 9.88 Å². The van der Waals surface area contributed by atoms with Gasteiger partial charge in [0.25, 0.3) is 0 Å². The van der Waals surface area contributed by atoms with Crippen molar-refractivity contribution in [2.75, 3.05) is 36.4 Å². The zero-order chi connectivity index (χ0) is 22.0. The molecule has 2 aromatic rings. The van der Waals surface area contributed by atoms with Crippen LogP contribution in [0.1, 0.15) is 52.9 Å². The number of carbonyl (C=O) groups excluding carboxylic acids is 2. The maximum Gasteiger partial charge on any atom is 0.227 e. The molecule has 3 heterocycles. The second kappa shape index (κ2) is 8.85. The lowest BCUT2D eigenvalue weighted by Gasteiger charge is -2.35. The number of nitrogens with one attached hydrogen (secondary N) is 1. The first kappa shape index (κ1) is 21.6. The summed E-state index contributed by atoms with van der Waals surface area (Å²) < 4.78 is 0. The average Bonchev–Trinajstić information content (AvgIpc) is 2.79. The van der Waals surface area contributed by atoms with Crippen LogP contribution in [0.4, 0.5) is 11.4 Å². The van der Waals surface area contributed by atoms with Gasteiger partial charge in [0.1, 0.15) is 0 Å². The first-order valence-electron chi connectivity index (χ1n) is 11.6. The van der Waals surface area contributed by atoms with Crippen LogP contribution in [0.2, 0.25) is 0 Å². The van der Waals surface area contributed by atoms with E-state index in [1.165, 1.54) is 24.9 Å². The lowest BCUT2D eigenvalue weighted by Crippen LogP contribution is -2.45. The molecule has 0 radical (unpaired) electrons. The summed E-state index contributed by atoms with van der Waals surface area (Å²) >= 11 is 0. The van der Waals surface area contributed by atoms with Gasteiger partial charge in [-0.1, -0.05) is 20.8 Å². The van der Waals surface area contributed by atoms with Crippen molar-refractivity contribution in [1.29, 1.82) is 0 Å². The molecule has 1 aromatic heterocycles. The smallest absolute Gasteiger partial charge is 0.227 e. The van der Waals surface area contributed by atoms with Crippen LogP contribution >= 0.6 is 0 Å². The average molecular weight is 423 g/mol. The number of aromatic nitrogens is 1. The predicted octanol–water partition coefficient (Wildman–Crippen LogP) is 4.45. The van der Waals surface area contributed by atoms with Gasteiger partial charge in [-0.3, -0.25) is 14.6 Å². The summed E-state index contributed by atoms with van der Waals surface area (Å²) in [7, 11) is 0. The fourth-order valence-corrected chi connectivity index (χ4v) is 4.75. The number of hydrogen-bond acceptors (Lipinski definition) is 4. The lowest BCUT2D eigenvalue weighted by atomic mass is 9.90. The zero-order valence-electron chi connectivity index (χ0n) is 19.0. The predicted molar refractivity (Wildman–Crippen MR) is 125 cm³/mol. The van der Waals surface area contributed by atoms with Gasteiger partial charge in [-0.2, -0.15) is 0 Å². The van der Waals surface area contributed by atoms with Crippen LogP contribution in [0.3, 0.4) is 0 Å². The van der Waals surface area contributed by atoms with Gasteiger partial charge in [-0.25, -0.2) is 0 Å².